The molecule has 17 heavy (non-hydrogen) atoms. The monoisotopic (exact) mass is 238 g/mol. The van der Waals surface area contributed by atoms with Crippen LogP contribution < -0.4 is 5.32 Å². The van der Waals surface area contributed by atoms with Crippen molar-refractivity contribution < 1.29 is 4.79 Å². The van der Waals surface area contributed by atoms with Gasteiger partial charge in [-0.1, -0.05) is 40.0 Å². The minimum absolute atomic E-state index is 0.190. The van der Waals surface area contributed by atoms with E-state index < -0.39 is 0 Å². The Morgan fingerprint density at radius 3 is 2.71 bits per heavy atom. The zero-order valence-electron chi connectivity index (χ0n) is 10.9. The van der Waals surface area contributed by atoms with Crippen LogP contribution in [0.5, 0.6) is 0 Å². The fourth-order valence-electron chi connectivity index (χ4n) is 1.47. The van der Waals surface area contributed by atoms with Gasteiger partial charge in [0.15, 0.2) is 0 Å². The van der Waals surface area contributed by atoms with Gasteiger partial charge < -0.3 is 5.32 Å². The van der Waals surface area contributed by atoms with Crippen molar-refractivity contribution in [3.05, 3.63) is 11.6 Å². The Balaban J connectivity index is 2.31. The molecule has 0 unspecified atom stereocenters. The van der Waals surface area contributed by atoms with E-state index in [0.29, 0.717) is 6.54 Å². The molecule has 0 fully saturated rings. The highest BCUT2D eigenvalue weighted by molar-refractivity contribution is 5.90. The van der Waals surface area contributed by atoms with Crippen LogP contribution in [0.1, 0.15) is 68.8 Å². The second-order valence-corrected chi connectivity index (χ2v) is 4.52. The molecule has 1 amide bonds. The van der Waals surface area contributed by atoms with E-state index in [0.717, 1.165) is 18.7 Å². The van der Waals surface area contributed by atoms with E-state index in [4.69, 9.17) is 0 Å². The van der Waals surface area contributed by atoms with Gasteiger partial charge in [-0.05, 0) is 6.42 Å². The summed E-state index contributed by atoms with van der Waals surface area (Å²) >= 11 is 0. The van der Waals surface area contributed by atoms with E-state index in [-0.39, 0.29) is 17.6 Å². The molecule has 0 spiro atoms. The first kappa shape index (κ1) is 13.7. The van der Waals surface area contributed by atoms with Gasteiger partial charge in [0, 0.05) is 12.5 Å². The van der Waals surface area contributed by atoms with Crippen molar-refractivity contribution in [3.63, 3.8) is 0 Å². The number of nitrogens with one attached hydrogen (secondary N) is 2. The number of nitrogens with zero attached hydrogens (tertiary/aromatic N) is 2. The fourth-order valence-corrected chi connectivity index (χ4v) is 1.47. The van der Waals surface area contributed by atoms with E-state index >= 15 is 0 Å². The highest BCUT2D eigenvalue weighted by Crippen LogP contribution is 2.07. The van der Waals surface area contributed by atoms with Crippen LogP contribution in [0.3, 0.4) is 0 Å². The van der Waals surface area contributed by atoms with E-state index in [9.17, 15) is 4.79 Å². The van der Waals surface area contributed by atoms with Crippen molar-refractivity contribution in [2.75, 3.05) is 6.54 Å². The first-order valence-corrected chi connectivity index (χ1v) is 6.35. The highest BCUT2D eigenvalue weighted by atomic mass is 16.2. The molecule has 1 rings (SSSR count). The molecule has 1 aromatic rings. The zero-order chi connectivity index (χ0) is 12.7. The zero-order valence-corrected chi connectivity index (χ0v) is 10.9. The molecule has 0 atom stereocenters. The Morgan fingerprint density at radius 1 is 1.35 bits per heavy atom. The third-order valence-corrected chi connectivity index (χ3v) is 2.57. The summed E-state index contributed by atoms with van der Waals surface area (Å²) in [6, 6.07) is 0. The van der Waals surface area contributed by atoms with Crippen LogP contribution in [-0.4, -0.2) is 27.6 Å². The number of hydrogen-bond donors (Lipinski definition) is 2. The molecule has 0 aliphatic carbocycles. The highest BCUT2D eigenvalue weighted by Gasteiger charge is 2.12. The van der Waals surface area contributed by atoms with Crippen molar-refractivity contribution in [1.29, 1.82) is 0 Å². The third-order valence-electron chi connectivity index (χ3n) is 2.57. The van der Waals surface area contributed by atoms with Crippen LogP contribution >= 0.6 is 0 Å². The second kappa shape index (κ2) is 7.04. The Hall–Kier alpha value is -1.39. The number of unbranched alkanes of at least 4 members (excludes halogenated alkanes) is 3. The van der Waals surface area contributed by atoms with Crippen LogP contribution in [0.15, 0.2) is 0 Å². The summed E-state index contributed by atoms with van der Waals surface area (Å²) < 4.78 is 0. The first-order chi connectivity index (χ1) is 8.15. The standard InChI is InChI=1S/C12H22N4O/c1-4-5-6-7-8-13-12(17)11-14-10(9(2)3)15-16-11/h9H,4-8H2,1-3H3,(H,13,17)(H,14,15,16). The average Bonchev–Trinajstić information content (AvgIpc) is 2.78. The van der Waals surface area contributed by atoms with Gasteiger partial charge in [0.05, 0.1) is 0 Å². The van der Waals surface area contributed by atoms with Crippen LogP contribution in [0.2, 0.25) is 0 Å². The molecule has 0 saturated carbocycles. The van der Waals surface area contributed by atoms with Gasteiger partial charge in [-0.2, -0.15) is 0 Å². The van der Waals surface area contributed by atoms with Gasteiger partial charge in [-0.25, -0.2) is 4.98 Å². The van der Waals surface area contributed by atoms with Crippen LogP contribution in [0, 0.1) is 0 Å². The molecular weight excluding hydrogens is 216 g/mol. The SMILES string of the molecule is CCCCCCNC(=O)c1n[nH]c(C(C)C)n1. The number of aromatic nitrogens is 3. The van der Waals surface area contributed by atoms with Gasteiger partial charge in [-0.3, -0.25) is 9.89 Å². The predicted octanol–water partition coefficient (Wildman–Crippen LogP) is 2.24. The number of H-pyrrole nitrogens is 1. The summed E-state index contributed by atoms with van der Waals surface area (Å²) in [7, 11) is 0. The second-order valence-electron chi connectivity index (χ2n) is 4.52. The van der Waals surface area contributed by atoms with Crippen molar-refractivity contribution in [1.82, 2.24) is 20.5 Å². The molecule has 96 valence electrons. The number of hydrogen-bond acceptors (Lipinski definition) is 3. The molecule has 0 radical (unpaired) electrons. The first-order valence-electron chi connectivity index (χ1n) is 6.35. The Bertz CT molecular complexity index is 346. The summed E-state index contributed by atoms with van der Waals surface area (Å²) in [6.45, 7) is 6.88. The lowest BCUT2D eigenvalue weighted by Gasteiger charge is -2.01. The maximum Gasteiger partial charge on any atom is 0.290 e. The third kappa shape index (κ3) is 4.54. The fraction of sp³-hybridized carbons (Fsp3) is 0.750. The maximum atomic E-state index is 11.7. The largest absolute Gasteiger partial charge is 0.349 e. The molecular formula is C12H22N4O. The molecule has 5 heteroatoms. The molecule has 0 aliphatic rings. The minimum Gasteiger partial charge on any atom is -0.349 e. The lowest BCUT2D eigenvalue weighted by molar-refractivity contribution is 0.0943. The number of amides is 1. The number of rotatable bonds is 7. The van der Waals surface area contributed by atoms with Crippen molar-refractivity contribution >= 4 is 5.91 Å². The van der Waals surface area contributed by atoms with Crippen molar-refractivity contribution in [2.24, 2.45) is 0 Å². The molecule has 0 bridgehead atoms. The van der Waals surface area contributed by atoms with Gasteiger partial charge in [-0.15, -0.1) is 5.10 Å². The van der Waals surface area contributed by atoms with E-state index in [1.54, 1.807) is 0 Å². The van der Waals surface area contributed by atoms with E-state index in [1.807, 2.05) is 13.8 Å². The predicted molar refractivity (Wildman–Crippen MR) is 66.9 cm³/mol. The van der Waals surface area contributed by atoms with Gasteiger partial charge in [0.1, 0.15) is 5.82 Å². The summed E-state index contributed by atoms with van der Waals surface area (Å²) in [6.07, 6.45) is 4.59. The average molecular weight is 238 g/mol. The van der Waals surface area contributed by atoms with Crippen molar-refractivity contribution in [3.8, 4) is 0 Å². The molecule has 1 heterocycles. The normalized spacial score (nSPS) is 10.8. The molecule has 0 aliphatic heterocycles. The summed E-state index contributed by atoms with van der Waals surface area (Å²) in [4.78, 5) is 15.8. The van der Waals surface area contributed by atoms with Gasteiger partial charge >= 0.3 is 0 Å². The lowest BCUT2D eigenvalue weighted by atomic mass is 10.2. The van der Waals surface area contributed by atoms with E-state index in [1.165, 1.54) is 12.8 Å². The smallest absolute Gasteiger partial charge is 0.290 e. The van der Waals surface area contributed by atoms with Crippen LogP contribution in [0.4, 0.5) is 0 Å². The summed E-state index contributed by atoms with van der Waals surface area (Å²) in [5, 5.41) is 9.51. The van der Waals surface area contributed by atoms with Crippen LogP contribution in [-0.2, 0) is 0 Å². The number of carbonyl (C=O) groups excluding carboxylic acids is 1. The number of carbonyl (C=O) groups is 1. The van der Waals surface area contributed by atoms with E-state index in [2.05, 4.69) is 27.4 Å². The Kier molecular flexibility index (Phi) is 5.66. The van der Waals surface area contributed by atoms with Gasteiger partial charge in [0.25, 0.3) is 5.91 Å². The Morgan fingerprint density at radius 2 is 2.12 bits per heavy atom. The molecule has 1 aromatic heterocycles. The van der Waals surface area contributed by atoms with Gasteiger partial charge in [0.2, 0.25) is 5.82 Å². The molecule has 0 saturated heterocycles. The quantitative estimate of drug-likeness (QED) is 0.716. The number of aromatic amines is 1. The maximum absolute atomic E-state index is 11.7. The summed E-state index contributed by atoms with van der Waals surface area (Å²) in [5.74, 6) is 1.06. The topological polar surface area (TPSA) is 70.7 Å². The molecule has 2 N–H and O–H groups in total. The molecule has 5 nitrogen and oxygen atoms in total. The van der Waals surface area contributed by atoms with Crippen LogP contribution in [0.25, 0.3) is 0 Å². The lowest BCUT2D eigenvalue weighted by Crippen LogP contribution is -2.25. The minimum atomic E-state index is -0.190. The molecule has 0 aromatic carbocycles. The van der Waals surface area contributed by atoms with Crippen molar-refractivity contribution in [2.45, 2.75) is 52.4 Å². The summed E-state index contributed by atoms with van der Waals surface area (Å²) in [5.41, 5.74) is 0. The Labute approximate surface area is 102 Å².